The summed E-state index contributed by atoms with van der Waals surface area (Å²) < 4.78 is 2.24. The van der Waals surface area contributed by atoms with E-state index in [0.29, 0.717) is 0 Å². The van der Waals surface area contributed by atoms with E-state index >= 15 is 0 Å². The summed E-state index contributed by atoms with van der Waals surface area (Å²) in [5, 5.41) is 2.56. The molecule has 5 rings (SSSR count). The van der Waals surface area contributed by atoms with Crippen molar-refractivity contribution in [3.05, 3.63) is 106 Å². The summed E-state index contributed by atoms with van der Waals surface area (Å²) in [6.45, 7) is 11.0. The Morgan fingerprint density at radius 2 is 1.26 bits per heavy atom. The average Bonchev–Trinajstić information content (AvgIpc) is 3.38. The van der Waals surface area contributed by atoms with Gasteiger partial charge in [0.05, 0.1) is 0 Å². The Bertz CT molecular complexity index is 1070. The van der Waals surface area contributed by atoms with Crippen molar-refractivity contribution in [1.29, 1.82) is 0 Å². The number of hydrogen-bond acceptors (Lipinski definition) is 0. The quantitative estimate of drug-likeness (QED) is 0.326. The first-order valence-electron chi connectivity index (χ1n) is 9.91. The molecular weight excluding hydrogens is 500 g/mol. The van der Waals surface area contributed by atoms with Crippen LogP contribution < -0.4 is 24.8 Å². The van der Waals surface area contributed by atoms with Crippen LogP contribution in [0, 0.1) is 40.7 Å². The van der Waals surface area contributed by atoms with Crippen LogP contribution in [0.15, 0.2) is 60.9 Å². The summed E-state index contributed by atoms with van der Waals surface area (Å²) in [5.41, 5.74) is 9.95. The molecule has 31 heavy (non-hydrogen) atoms. The van der Waals surface area contributed by atoms with Gasteiger partial charge in [-0.2, -0.15) is 33.4 Å². The molecule has 1 heterocycles. The van der Waals surface area contributed by atoms with Crippen molar-refractivity contribution in [1.82, 2.24) is 4.57 Å². The minimum Gasteiger partial charge on any atom is -1.00 e. The molecular formula is C27H27Cl2NZr. The van der Waals surface area contributed by atoms with Crippen molar-refractivity contribution in [2.24, 2.45) is 0 Å². The van der Waals surface area contributed by atoms with E-state index in [1.165, 1.54) is 49.7 Å². The monoisotopic (exact) mass is 525 g/mol. The normalized spacial score (nSPS) is 13.4. The molecule has 0 aliphatic heterocycles. The van der Waals surface area contributed by atoms with Gasteiger partial charge in [0.1, 0.15) is 0 Å². The van der Waals surface area contributed by atoms with Crippen LogP contribution in [0.25, 0.3) is 16.8 Å². The molecule has 0 spiro atoms. The number of fused-ring (bicyclic) bond motifs is 2. The predicted molar refractivity (Wildman–Crippen MR) is 120 cm³/mol. The van der Waals surface area contributed by atoms with Gasteiger partial charge in [-0.25, -0.2) is 12.2 Å². The van der Waals surface area contributed by atoms with Crippen LogP contribution in [0.3, 0.4) is 0 Å². The minimum absolute atomic E-state index is 0. The van der Waals surface area contributed by atoms with E-state index in [4.69, 9.17) is 0 Å². The van der Waals surface area contributed by atoms with Crippen molar-refractivity contribution in [3.63, 3.8) is 0 Å². The van der Waals surface area contributed by atoms with Gasteiger partial charge in [0.25, 0.3) is 0 Å². The smallest absolute Gasteiger partial charge is 1.00 e. The van der Waals surface area contributed by atoms with Crippen molar-refractivity contribution < 1.29 is 51.0 Å². The molecule has 1 aliphatic rings. The van der Waals surface area contributed by atoms with E-state index in [2.05, 4.69) is 112 Å². The molecule has 4 aromatic rings. The second-order valence-corrected chi connectivity index (χ2v) is 7.80. The Hall–Kier alpha value is -1.47. The van der Waals surface area contributed by atoms with Crippen LogP contribution >= 0.6 is 0 Å². The fraction of sp³-hybridized carbons (Fsp3) is 0.222. The van der Waals surface area contributed by atoms with E-state index in [1.807, 2.05) is 0 Å². The minimum atomic E-state index is 0. The molecule has 158 valence electrons. The Kier molecular flexibility index (Phi) is 10.1. The maximum absolute atomic E-state index is 3.44. The topological polar surface area (TPSA) is 4.93 Å². The van der Waals surface area contributed by atoms with Crippen molar-refractivity contribution >= 4 is 16.8 Å². The number of benzene rings is 2. The van der Waals surface area contributed by atoms with Gasteiger partial charge in [0.15, 0.2) is 0 Å². The largest absolute Gasteiger partial charge is 4.00 e. The SMILES string of the molecule is Cc1c(C)c(C)[c-](C)c1C.[C-]1=Cc2ccccc2C1n1cc2ccccc2c1.[Cl-].[Cl-].[Zr+4]. The van der Waals surface area contributed by atoms with Gasteiger partial charge in [0, 0.05) is 12.4 Å². The van der Waals surface area contributed by atoms with Gasteiger partial charge in [-0.3, -0.25) is 0 Å². The molecule has 1 atom stereocenters. The summed E-state index contributed by atoms with van der Waals surface area (Å²) in [7, 11) is 0. The molecule has 1 unspecified atom stereocenters. The number of rotatable bonds is 1. The molecule has 0 radical (unpaired) electrons. The zero-order valence-electron chi connectivity index (χ0n) is 18.6. The van der Waals surface area contributed by atoms with Crippen LogP contribution in [-0.2, 0) is 26.2 Å². The van der Waals surface area contributed by atoms with Crippen LogP contribution in [0.1, 0.15) is 45.0 Å². The van der Waals surface area contributed by atoms with Crippen molar-refractivity contribution in [3.8, 4) is 0 Å². The molecule has 3 aromatic carbocycles. The standard InChI is InChI=1S/C17H12N.C10H15.2ClH.Zr/c1-2-7-15-12-18(11-14(15)6-1)17-10-9-13-5-3-4-8-16(13)17;1-6-7(2)9(4)10(5)8(6)3;;;/h1-9,11-12,17H;1-5H3;2*1H;/q2*-1;;;+4/p-2. The number of halogens is 2. The van der Waals surface area contributed by atoms with Crippen LogP contribution in [0.4, 0.5) is 0 Å². The molecule has 1 nitrogen and oxygen atoms in total. The fourth-order valence-electron chi connectivity index (χ4n) is 4.06. The van der Waals surface area contributed by atoms with Gasteiger partial charge < -0.3 is 29.4 Å². The zero-order valence-corrected chi connectivity index (χ0v) is 22.6. The fourth-order valence-corrected chi connectivity index (χ4v) is 4.06. The summed E-state index contributed by atoms with van der Waals surface area (Å²) in [6.07, 6.45) is 9.92. The van der Waals surface area contributed by atoms with E-state index in [0.717, 1.165) is 0 Å². The molecule has 0 bridgehead atoms. The van der Waals surface area contributed by atoms with Crippen LogP contribution in [-0.4, -0.2) is 4.57 Å². The summed E-state index contributed by atoms with van der Waals surface area (Å²) in [4.78, 5) is 0. The summed E-state index contributed by atoms with van der Waals surface area (Å²) >= 11 is 0. The Morgan fingerprint density at radius 1 is 0.774 bits per heavy atom. The predicted octanol–water partition coefficient (Wildman–Crippen LogP) is 1.01. The third kappa shape index (κ3) is 5.31. The van der Waals surface area contributed by atoms with Crippen molar-refractivity contribution in [2.75, 3.05) is 0 Å². The maximum atomic E-state index is 3.44. The third-order valence-corrected chi connectivity index (χ3v) is 6.37. The molecule has 0 N–H and O–H groups in total. The molecule has 0 saturated heterocycles. The van der Waals surface area contributed by atoms with Gasteiger partial charge in [-0.05, 0) is 16.8 Å². The summed E-state index contributed by atoms with van der Waals surface area (Å²) in [5.74, 6) is 0. The molecule has 1 aliphatic carbocycles. The second-order valence-electron chi connectivity index (χ2n) is 7.80. The first-order valence-corrected chi connectivity index (χ1v) is 9.91. The average molecular weight is 528 g/mol. The molecule has 4 heteroatoms. The summed E-state index contributed by atoms with van der Waals surface area (Å²) in [6, 6.07) is 17.2. The van der Waals surface area contributed by atoms with Gasteiger partial charge in [0.2, 0.25) is 0 Å². The van der Waals surface area contributed by atoms with Crippen LogP contribution in [0.5, 0.6) is 0 Å². The first-order chi connectivity index (χ1) is 13.5. The van der Waals surface area contributed by atoms with E-state index in [-0.39, 0.29) is 57.1 Å². The Labute approximate surface area is 217 Å². The first kappa shape index (κ1) is 27.6. The number of hydrogen-bond donors (Lipinski definition) is 0. The molecule has 0 fully saturated rings. The third-order valence-electron chi connectivity index (χ3n) is 6.37. The molecule has 0 amide bonds. The molecule has 0 saturated carbocycles. The van der Waals surface area contributed by atoms with Crippen molar-refractivity contribution in [2.45, 2.75) is 40.7 Å². The van der Waals surface area contributed by atoms with Gasteiger partial charge in [-0.1, -0.05) is 77.1 Å². The van der Waals surface area contributed by atoms with Gasteiger partial charge >= 0.3 is 26.2 Å². The van der Waals surface area contributed by atoms with Gasteiger partial charge in [-0.15, -0.1) is 11.6 Å². The zero-order chi connectivity index (χ0) is 19.8. The maximum Gasteiger partial charge on any atom is 4.00 e. The Morgan fingerprint density at radius 3 is 1.74 bits per heavy atom. The number of allylic oxidation sites excluding steroid dienone is 1. The second kappa shape index (κ2) is 11.4. The number of nitrogens with zero attached hydrogens (tertiary/aromatic N) is 1. The van der Waals surface area contributed by atoms with E-state index < -0.39 is 0 Å². The van der Waals surface area contributed by atoms with E-state index in [1.54, 1.807) is 0 Å². The van der Waals surface area contributed by atoms with E-state index in [9.17, 15) is 0 Å². The molecule has 1 aromatic heterocycles. The number of aromatic nitrogens is 1. The van der Waals surface area contributed by atoms with Crippen LogP contribution in [0.2, 0.25) is 0 Å². The Balaban J connectivity index is 0.000000324.